The maximum absolute atomic E-state index is 13.6. The Morgan fingerprint density at radius 1 is 1.05 bits per heavy atom. The summed E-state index contributed by atoms with van der Waals surface area (Å²) in [4.78, 5) is 32.2. The number of carbonyl (C=O) groups excluding carboxylic acids is 2. The molecule has 1 saturated carbocycles. The molecule has 1 aliphatic carbocycles. The van der Waals surface area contributed by atoms with Gasteiger partial charge in [-0.1, -0.05) is 24.4 Å². The third-order valence-corrected chi connectivity index (χ3v) is 7.98. The van der Waals surface area contributed by atoms with Gasteiger partial charge in [-0.2, -0.15) is 18.3 Å². The third kappa shape index (κ3) is 5.49. The Hall–Kier alpha value is -2.79. The van der Waals surface area contributed by atoms with Gasteiger partial charge in [-0.15, -0.1) is 0 Å². The molecule has 5 rings (SSSR count). The predicted molar refractivity (Wildman–Crippen MR) is 134 cm³/mol. The molecule has 38 heavy (non-hydrogen) atoms. The number of halogens is 4. The molecule has 12 heteroatoms. The molecule has 3 aliphatic rings. The zero-order valence-corrected chi connectivity index (χ0v) is 22.0. The van der Waals surface area contributed by atoms with Crippen molar-refractivity contribution in [2.75, 3.05) is 33.2 Å². The van der Waals surface area contributed by atoms with Gasteiger partial charge in [-0.3, -0.25) is 9.48 Å². The number of aromatic nitrogens is 2. The zero-order chi connectivity index (χ0) is 27.1. The van der Waals surface area contributed by atoms with Crippen molar-refractivity contribution in [3.05, 3.63) is 51.8 Å². The Kier molecular flexibility index (Phi) is 7.34. The number of fused-ring (bicyclic) bond motifs is 1. The molecule has 0 bridgehead atoms. The second-order valence-corrected chi connectivity index (χ2v) is 11.0. The highest BCUT2D eigenvalue weighted by atomic mass is 35.5. The van der Waals surface area contributed by atoms with Crippen LogP contribution in [0.2, 0.25) is 5.02 Å². The van der Waals surface area contributed by atoms with Crippen molar-refractivity contribution in [3.63, 3.8) is 0 Å². The molecule has 1 spiro atoms. The van der Waals surface area contributed by atoms with E-state index in [1.165, 1.54) is 11.0 Å². The monoisotopic (exact) mass is 553 g/mol. The van der Waals surface area contributed by atoms with E-state index in [-0.39, 0.29) is 35.2 Å². The number of ether oxygens (including phenoxy) is 1. The van der Waals surface area contributed by atoms with E-state index in [2.05, 4.69) is 17.0 Å². The number of hydrogen-bond donors (Lipinski definition) is 0. The first-order valence-corrected chi connectivity index (χ1v) is 13.3. The summed E-state index contributed by atoms with van der Waals surface area (Å²) in [6.07, 6.45) is -0.387. The van der Waals surface area contributed by atoms with Gasteiger partial charge in [-0.25, -0.2) is 4.79 Å². The molecule has 2 aliphatic heterocycles. The van der Waals surface area contributed by atoms with E-state index in [0.717, 1.165) is 56.6 Å². The van der Waals surface area contributed by atoms with Crippen LogP contribution in [0.5, 0.6) is 0 Å². The summed E-state index contributed by atoms with van der Waals surface area (Å²) < 4.78 is 46.4. The number of rotatable bonds is 3. The van der Waals surface area contributed by atoms with Gasteiger partial charge >= 0.3 is 12.3 Å². The van der Waals surface area contributed by atoms with Crippen LogP contribution in [0.1, 0.15) is 59.4 Å². The Labute approximate surface area is 224 Å². The average molecular weight is 554 g/mol. The van der Waals surface area contributed by atoms with E-state index >= 15 is 0 Å². The Morgan fingerprint density at radius 3 is 2.55 bits per heavy atom. The van der Waals surface area contributed by atoms with Crippen LogP contribution in [-0.4, -0.2) is 75.2 Å². The zero-order valence-electron chi connectivity index (χ0n) is 21.3. The highest BCUT2D eigenvalue weighted by Crippen LogP contribution is 2.38. The fourth-order valence-electron chi connectivity index (χ4n) is 5.95. The molecular formula is C26H31ClF3N5O3. The number of amides is 2. The van der Waals surface area contributed by atoms with Gasteiger partial charge in [0.05, 0.1) is 23.3 Å². The summed E-state index contributed by atoms with van der Waals surface area (Å²) in [7, 11) is 2.09. The highest BCUT2D eigenvalue weighted by molar-refractivity contribution is 6.30. The Morgan fingerprint density at radius 2 is 1.82 bits per heavy atom. The number of likely N-dealkylation sites (N-methyl/N-ethyl adjacent to an activating group) is 1. The lowest BCUT2D eigenvalue weighted by molar-refractivity contribution is -0.137. The van der Waals surface area contributed by atoms with E-state index in [9.17, 15) is 22.8 Å². The van der Waals surface area contributed by atoms with Gasteiger partial charge in [-0.05, 0) is 56.1 Å². The third-order valence-electron chi connectivity index (χ3n) is 7.76. The summed E-state index contributed by atoms with van der Waals surface area (Å²) in [5.41, 5.74) is 0.211. The molecule has 1 aromatic heterocycles. The van der Waals surface area contributed by atoms with Gasteiger partial charge in [0.25, 0.3) is 5.91 Å². The van der Waals surface area contributed by atoms with Gasteiger partial charge < -0.3 is 19.4 Å². The maximum Gasteiger partial charge on any atom is 0.416 e. The van der Waals surface area contributed by atoms with Crippen LogP contribution in [0, 0.1) is 0 Å². The maximum atomic E-state index is 13.6. The number of alkyl halides is 3. The fourth-order valence-corrected chi connectivity index (χ4v) is 6.21. The van der Waals surface area contributed by atoms with E-state index in [1.807, 2.05) is 4.90 Å². The summed E-state index contributed by atoms with van der Waals surface area (Å²) in [5.74, 6) is -0.0730. The van der Waals surface area contributed by atoms with Crippen LogP contribution < -0.4 is 0 Å². The van der Waals surface area contributed by atoms with Gasteiger partial charge in [0.1, 0.15) is 6.61 Å². The second kappa shape index (κ2) is 10.4. The van der Waals surface area contributed by atoms with Gasteiger partial charge in [0.2, 0.25) is 0 Å². The smallest absolute Gasteiger partial charge is 0.416 e. The Bertz CT molecular complexity index is 1210. The molecule has 0 atom stereocenters. The summed E-state index contributed by atoms with van der Waals surface area (Å²) in [5, 5.41) is 4.52. The molecule has 8 nitrogen and oxygen atoms in total. The molecule has 1 aromatic carbocycles. The summed E-state index contributed by atoms with van der Waals surface area (Å²) in [6.45, 7) is 3.14. The van der Waals surface area contributed by atoms with Crippen LogP contribution >= 0.6 is 11.6 Å². The number of aryl methyl sites for hydroxylation is 1. The largest absolute Gasteiger partial charge is 0.445 e. The van der Waals surface area contributed by atoms with Crippen molar-refractivity contribution in [1.82, 2.24) is 24.5 Å². The number of hydrogen-bond acceptors (Lipinski definition) is 5. The lowest BCUT2D eigenvalue weighted by Crippen LogP contribution is -2.62. The molecule has 0 unspecified atom stereocenters. The molecule has 1 saturated heterocycles. The number of benzene rings is 1. The van der Waals surface area contributed by atoms with Crippen LogP contribution in [0.3, 0.4) is 0 Å². The van der Waals surface area contributed by atoms with Crippen molar-refractivity contribution >= 4 is 23.6 Å². The molecule has 206 valence electrons. The fraction of sp³-hybridized carbons (Fsp3) is 0.577. The van der Waals surface area contributed by atoms with E-state index < -0.39 is 17.8 Å². The second-order valence-electron chi connectivity index (χ2n) is 10.5. The first-order valence-electron chi connectivity index (χ1n) is 12.9. The predicted octanol–water partition coefficient (Wildman–Crippen LogP) is 4.80. The first kappa shape index (κ1) is 26.8. The van der Waals surface area contributed by atoms with Crippen molar-refractivity contribution in [3.8, 4) is 0 Å². The van der Waals surface area contributed by atoms with E-state index in [0.29, 0.717) is 31.7 Å². The van der Waals surface area contributed by atoms with Gasteiger partial charge in [0.15, 0.2) is 5.69 Å². The summed E-state index contributed by atoms with van der Waals surface area (Å²) >= 11 is 5.83. The standard InChI is InChI=1S/C26H31ClF3N5O3/c1-32-9-10-34(25(17-32)5-2-3-6-25)23(36)22-14-21-15-33(7-4-8-35(21)31-22)24(37)38-16-18-11-19(26(28,29)30)13-20(27)12-18/h11-14H,2-10,15-17H2,1H3. The molecule has 2 amide bonds. The SMILES string of the molecule is CN1CCN(C(=O)c2cc3n(n2)CCCN(C(=O)OCc2cc(Cl)cc(C(F)(F)F)c2)C3)C2(CCCC2)C1. The van der Waals surface area contributed by atoms with Gasteiger partial charge in [0, 0.05) is 37.7 Å². The van der Waals surface area contributed by atoms with Crippen molar-refractivity contribution in [2.24, 2.45) is 0 Å². The Balaban J connectivity index is 1.26. The van der Waals surface area contributed by atoms with Crippen molar-refractivity contribution in [1.29, 1.82) is 0 Å². The van der Waals surface area contributed by atoms with E-state index in [1.54, 1.807) is 10.7 Å². The van der Waals surface area contributed by atoms with Crippen LogP contribution in [0.25, 0.3) is 0 Å². The lowest BCUT2D eigenvalue weighted by Gasteiger charge is -2.48. The molecule has 2 fully saturated rings. The number of nitrogens with zero attached hydrogens (tertiary/aromatic N) is 5. The first-order chi connectivity index (χ1) is 18.0. The minimum absolute atomic E-state index is 0.0730. The molecule has 2 aromatic rings. The summed E-state index contributed by atoms with van der Waals surface area (Å²) in [6, 6.07) is 4.85. The minimum atomic E-state index is -4.55. The number of piperazine rings is 1. The quantitative estimate of drug-likeness (QED) is 0.546. The van der Waals surface area contributed by atoms with Crippen molar-refractivity contribution in [2.45, 2.75) is 63.5 Å². The molecule has 0 radical (unpaired) electrons. The lowest BCUT2D eigenvalue weighted by atomic mass is 9.91. The molecule has 0 N–H and O–H groups in total. The van der Waals surface area contributed by atoms with Crippen LogP contribution in [0.4, 0.5) is 18.0 Å². The van der Waals surface area contributed by atoms with Crippen LogP contribution in [0.15, 0.2) is 24.3 Å². The topological polar surface area (TPSA) is 70.9 Å². The minimum Gasteiger partial charge on any atom is -0.445 e. The average Bonchev–Trinajstić information content (AvgIpc) is 3.43. The van der Waals surface area contributed by atoms with E-state index in [4.69, 9.17) is 16.3 Å². The molecule has 3 heterocycles. The normalized spacial score (nSPS) is 19.9. The highest BCUT2D eigenvalue weighted by Gasteiger charge is 2.46. The van der Waals surface area contributed by atoms with Crippen molar-refractivity contribution < 1.29 is 27.5 Å². The molecular weight excluding hydrogens is 523 g/mol. The van der Waals surface area contributed by atoms with Crippen LogP contribution in [-0.2, 0) is 30.6 Å². The number of carbonyl (C=O) groups is 2.